The maximum absolute atomic E-state index is 11.5. The zero-order chi connectivity index (χ0) is 20.8. The largest absolute Gasteiger partial charge is 0.465 e. The zero-order valence-corrected chi connectivity index (χ0v) is 15.9. The van der Waals surface area contributed by atoms with E-state index in [0.29, 0.717) is 17.8 Å². The third kappa shape index (κ3) is 10.8. The molecule has 2 aromatic carbocycles. The van der Waals surface area contributed by atoms with Gasteiger partial charge in [-0.25, -0.2) is 9.59 Å². The van der Waals surface area contributed by atoms with Crippen LogP contribution in [-0.2, 0) is 9.47 Å². The van der Waals surface area contributed by atoms with E-state index in [4.69, 9.17) is 14.6 Å². The molecule has 0 spiro atoms. The van der Waals surface area contributed by atoms with Crippen LogP contribution in [0.3, 0.4) is 0 Å². The van der Waals surface area contributed by atoms with Crippen molar-refractivity contribution >= 4 is 23.6 Å². The Morgan fingerprint density at radius 2 is 1.46 bits per heavy atom. The number of hydrogen-bond acceptors (Lipinski definition) is 5. The van der Waals surface area contributed by atoms with Gasteiger partial charge in [-0.2, -0.15) is 0 Å². The number of hydrogen-bond donors (Lipinski definition) is 4. The minimum absolute atomic E-state index is 0.111. The van der Waals surface area contributed by atoms with Gasteiger partial charge in [-0.15, -0.1) is 0 Å². The molecule has 2 amide bonds. The van der Waals surface area contributed by atoms with Crippen molar-refractivity contribution in [3.63, 3.8) is 0 Å². The molecule has 0 radical (unpaired) electrons. The van der Waals surface area contributed by atoms with Gasteiger partial charge < -0.3 is 19.7 Å². The van der Waals surface area contributed by atoms with Crippen LogP contribution >= 0.6 is 0 Å². The Morgan fingerprint density at radius 3 is 1.89 bits per heavy atom. The van der Waals surface area contributed by atoms with Gasteiger partial charge in [-0.05, 0) is 31.2 Å². The van der Waals surface area contributed by atoms with Crippen molar-refractivity contribution in [1.29, 1.82) is 0 Å². The Bertz CT molecular complexity index is 694. The molecule has 8 nitrogen and oxygen atoms in total. The van der Waals surface area contributed by atoms with Crippen LogP contribution in [0.5, 0.6) is 0 Å². The van der Waals surface area contributed by atoms with E-state index in [1.807, 2.05) is 24.3 Å². The monoisotopic (exact) mass is 390 g/mol. The normalized spacial score (nSPS) is 12.0. The van der Waals surface area contributed by atoms with E-state index in [-0.39, 0.29) is 12.7 Å². The predicted octanol–water partition coefficient (Wildman–Crippen LogP) is 3.80. The van der Waals surface area contributed by atoms with Crippen molar-refractivity contribution < 1.29 is 29.3 Å². The standard InChI is InChI=1S/C13H19NO4.C7H7NO2/c1-10(15)8-12(17-2)9-18-13(16)14-11-6-4-3-5-7-11;9-7(10)8-6-4-2-1-3-5-6/h3-7,10,12,15H,8-9H2,1-2H3,(H,14,16);1-5,8H,(H,9,10). The van der Waals surface area contributed by atoms with Crippen LogP contribution in [0.2, 0.25) is 0 Å². The highest BCUT2D eigenvalue weighted by Gasteiger charge is 2.13. The molecule has 0 aliphatic heterocycles. The van der Waals surface area contributed by atoms with Crippen LogP contribution in [0.1, 0.15) is 13.3 Å². The molecule has 2 aromatic rings. The Morgan fingerprint density at radius 1 is 0.964 bits per heavy atom. The summed E-state index contributed by atoms with van der Waals surface area (Å²) >= 11 is 0. The van der Waals surface area contributed by atoms with Gasteiger partial charge in [0, 0.05) is 24.9 Å². The molecule has 0 heterocycles. The highest BCUT2D eigenvalue weighted by molar-refractivity contribution is 5.84. The first-order valence-electron chi connectivity index (χ1n) is 8.65. The summed E-state index contributed by atoms with van der Waals surface area (Å²) < 4.78 is 10.1. The summed E-state index contributed by atoms with van der Waals surface area (Å²) in [6.45, 7) is 1.77. The summed E-state index contributed by atoms with van der Waals surface area (Å²) in [7, 11) is 1.52. The van der Waals surface area contributed by atoms with Crippen LogP contribution in [0, 0.1) is 0 Å². The summed E-state index contributed by atoms with van der Waals surface area (Å²) in [5.74, 6) is 0. The lowest BCUT2D eigenvalue weighted by molar-refractivity contribution is 0.00898. The second-order valence-electron chi connectivity index (χ2n) is 5.83. The molecule has 0 fully saturated rings. The maximum Gasteiger partial charge on any atom is 0.411 e. The first kappa shape index (κ1) is 22.9. The van der Waals surface area contributed by atoms with E-state index in [1.165, 1.54) is 7.11 Å². The summed E-state index contributed by atoms with van der Waals surface area (Å²) in [5.41, 5.74) is 1.27. The van der Waals surface area contributed by atoms with Crippen molar-refractivity contribution in [1.82, 2.24) is 0 Å². The molecule has 0 saturated carbocycles. The smallest absolute Gasteiger partial charge is 0.411 e. The predicted molar refractivity (Wildman–Crippen MR) is 107 cm³/mol. The number of benzene rings is 2. The lowest BCUT2D eigenvalue weighted by Gasteiger charge is -2.17. The van der Waals surface area contributed by atoms with Crippen molar-refractivity contribution in [2.45, 2.75) is 25.6 Å². The van der Waals surface area contributed by atoms with Gasteiger partial charge in [-0.3, -0.25) is 10.6 Å². The molecule has 2 atom stereocenters. The van der Waals surface area contributed by atoms with Crippen molar-refractivity contribution in [3.8, 4) is 0 Å². The summed E-state index contributed by atoms with van der Waals surface area (Å²) in [4.78, 5) is 21.5. The Balaban J connectivity index is 0.000000330. The number of carbonyl (C=O) groups excluding carboxylic acids is 1. The molecule has 0 aliphatic rings. The molecule has 2 unspecified atom stereocenters. The Hall–Kier alpha value is -3.10. The molecule has 0 bridgehead atoms. The molecule has 4 N–H and O–H groups in total. The summed E-state index contributed by atoms with van der Waals surface area (Å²) in [6, 6.07) is 17.8. The number of amides is 2. The number of anilines is 2. The first-order valence-corrected chi connectivity index (χ1v) is 8.65. The molecule has 0 aliphatic carbocycles. The zero-order valence-electron chi connectivity index (χ0n) is 15.9. The summed E-state index contributed by atoms with van der Waals surface area (Å²) in [5, 5.41) is 22.3. The fraction of sp³-hybridized carbons (Fsp3) is 0.300. The molecule has 8 heteroatoms. The number of nitrogens with one attached hydrogen (secondary N) is 2. The number of para-hydroxylation sites is 2. The second kappa shape index (κ2) is 13.1. The minimum Gasteiger partial charge on any atom is -0.465 e. The van der Waals surface area contributed by atoms with Crippen LogP contribution in [-0.4, -0.2) is 48.3 Å². The van der Waals surface area contributed by atoms with Gasteiger partial charge in [0.25, 0.3) is 0 Å². The number of carboxylic acid groups (broad SMARTS) is 1. The van der Waals surface area contributed by atoms with E-state index in [1.54, 1.807) is 43.3 Å². The fourth-order valence-corrected chi connectivity index (χ4v) is 2.10. The third-order valence-electron chi connectivity index (χ3n) is 3.38. The van der Waals surface area contributed by atoms with Crippen LogP contribution in [0.4, 0.5) is 21.0 Å². The number of carbonyl (C=O) groups is 2. The van der Waals surface area contributed by atoms with E-state index in [0.717, 1.165) is 0 Å². The van der Waals surface area contributed by atoms with E-state index in [9.17, 15) is 14.7 Å². The van der Waals surface area contributed by atoms with Gasteiger partial charge in [0.1, 0.15) is 6.61 Å². The minimum atomic E-state index is -1.04. The van der Waals surface area contributed by atoms with Crippen molar-refractivity contribution in [3.05, 3.63) is 60.7 Å². The second-order valence-corrected chi connectivity index (χ2v) is 5.83. The molecular weight excluding hydrogens is 364 g/mol. The Labute approximate surface area is 164 Å². The average Bonchev–Trinajstić information content (AvgIpc) is 2.66. The van der Waals surface area contributed by atoms with Crippen molar-refractivity contribution in [2.24, 2.45) is 0 Å². The van der Waals surface area contributed by atoms with Gasteiger partial charge in [0.05, 0.1) is 12.2 Å². The van der Waals surface area contributed by atoms with Gasteiger partial charge in [0.15, 0.2) is 0 Å². The quantitative estimate of drug-likeness (QED) is 0.571. The highest BCUT2D eigenvalue weighted by Crippen LogP contribution is 2.07. The number of ether oxygens (including phenoxy) is 2. The first-order chi connectivity index (χ1) is 13.4. The van der Waals surface area contributed by atoms with Crippen molar-refractivity contribution in [2.75, 3.05) is 24.4 Å². The number of aliphatic hydroxyl groups excluding tert-OH is 1. The number of rotatable bonds is 7. The highest BCUT2D eigenvalue weighted by atomic mass is 16.6. The number of methoxy groups -OCH3 is 1. The topological polar surface area (TPSA) is 117 Å². The molecule has 152 valence electrons. The lowest BCUT2D eigenvalue weighted by Crippen LogP contribution is -2.26. The molecule has 0 aromatic heterocycles. The fourth-order valence-electron chi connectivity index (χ4n) is 2.10. The van der Waals surface area contributed by atoms with Gasteiger partial charge >= 0.3 is 12.2 Å². The Kier molecular flexibility index (Phi) is 10.8. The molecular formula is C20H26N2O6. The van der Waals surface area contributed by atoms with E-state index >= 15 is 0 Å². The molecule has 28 heavy (non-hydrogen) atoms. The third-order valence-corrected chi connectivity index (χ3v) is 3.38. The van der Waals surface area contributed by atoms with E-state index in [2.05, 4.69) is 10.6 Å². The number of aliphatic hydroxyl groups is 1. The molecule has 2 rings (SSSR count). The van der Waals surface area contributed by atoms with Gasteiger partial charge in [-0.1, -0.05) is 36.4 Å². The van der Waals surface area contributed by atoms with Crippen LogP contribution < -0.4 is 10.6 Å². The summed E-state index contributed by atoms with van der Waals surface area (Å²) in [6.07, 6.45) is -1.93. The lowest BCUT2D eigenvalue weighted by atomic mass is 10.2. The average molecular weight is 390 g/mol. The molecule has 0 saturated heterocycles. The van der Waals surface area contributed by atoms with Crippen LogP contribution in [0.25, 0.3) is 0 Å². The SMILES string of the molecule is COC(COC(=O)Nc1ccccc1)CC(C)O.O=C(O)Nc1ccccc1. The van der Waals surface area contributed by atoms with E-state index < -0.39 is 18.3 Å². The maximum atomic E-state index is 11.5. The van der Waals surface area contributed by atoms with Gasteiger partial charge in [0.2, 0.25) is 0 Å². The van der Waals surface area contributed by atoms with Crippen LogP contribution in [0.15, 0.2) is 60.7 Å².